The molecular formula is C15H18N4O3. The number of nitrogens with zero attached hydrogens (tertiary/aromatic N) is 2. The fraction of sp³-hybridized carbons (Fsp3) is 0.267. The van der Waals surface area contributed by atoms with E-state index >= 15 is 0 Å². The van der Waals surface area contributed by atoms with Crippen molar-refractivity contribution in [3.63, 3.8) is 0 Å². The van der Waals surface area contributed by atoms with Crippen LogP contribution in [0, 0.1) is 0 Å². The number of nitrogens with one attached hydrogen (secondary N) is 2. The lowest BCUT2D eigenvalue weighted by Crippen LogP contribution is -2.34. The zero-order valence-electron chi connectivity index (χ0n) is 12.5. The van der Waals surface area contributed by atoms with Crippen LogP contribution >= 0.6 is 0 Å². The standard InChI is InChI=1S/C15H18N4O3/c1-3-19-10-12(9-17-19)18-15(21)14(20)16-8-11-4-6-13(22-2)7-5-11/h4-7,9-10H,3,8H2,1-2H3,(H,16,20)(H,18,21). The molecule has 0 bridgehead atoms. The van der Waals surface area contributed by atoms with Crippen LogP contribution in [0.3, 0.4) is 0 Å². The van der Waals surface area contributed by atoms with Crippen LogP contribution in [0.25, 0.3) is 0 Å². The summed E-state index contributed by atoms with van der Waals surface area (Å²) in [4.78, 5) is 23.5. The Hall–Kier alpha value is -2.83. The van der Waals surface area contributed by atoms with Gasteiger partial charge in [-0.2, -0.15) is 5.10 Å². The molecule has 1 aromatic carbocycles. The van der Waals surface area contributed by atoms with Crippen LogP contribution in [0.5, 0.6) is 5.75 Å². The number of benzene rings is 1. The highest BCUT2D eigenvalue weighted by Gasteiger charge is 2.14. The molecule has 0 aliphatic carbocycles. The Morgan fingerprint density at radius 1 is 1.23 bits per heavy atom. The first-order valence-corrected chi connectivity index (χ1v) is 6.87. The second kappa shape index (κ2) is 7.26. The Balaban J connectivity index is 1.84. The van der Waals surface area contributed by atoms with Crippen molar-refractivity contribution in [2.45, 2.75) is 20.0 Å². The molecule has 116 valence electrons. The molecule has 1 aromatic heterocycles. The summed E-state index contributed by atoms with van der Waals surface area (Å²) in [7, 11) is 1.59. The van der Waals surface area contributed by atoms with E-state index in [1.807, 2.05) is 19.1 Å². The highest BCUT2D eigenvalue weighted by Crippen LogP contribution is 2.11. The van der Waals surface area contributed by atoms with Crippen molar-refractivity contribution >= 4 is 17.5 Å². The second-order valence-electron chi connectivity index (χ2n) is 4.57. The van der Waals surface area contributed by atoms with Gasteiger partial charge in [-0.15, -0.1) is 0 Å². The molecule has 0 unspecified atom stereocenters. The number of methoxy groups -OCH3 is 1. The van der Waals surface area contributed by atoms with Gasteiger partial charge in [-0.1, -0.05) is 12.1 Å². The van der Waals surface area contributed by atoms with Crippen molar-refractivity contribution in [2.24, 2.45) is 0 Å². The van der Waals surface area contributed by atoms with Crippen LogP contribution in [0.4, 0.5) is 5.69 Å². The summed E-state index contributed by atoms with van der Waals surface area (Å²) in [6.45, 7) is 2.89. The highest BCUT2D eigenvalue weighted by molar-refractivity contribution is 6.39. The largest absolute Gasteiger partial charge is 0.497 e. The summed E-state index contributed by atoms with van der Waals surface area (Å²) in [6, 6.07) is 7.23. The average molecular weight is 302 g/mol. The van der Waals surface area contributed by atoms with Gasteiger partial charge in [-0.3, -0.25) is 14.3 Å². The van der Waals surface area contributed by atoms with Gasteiger partial charge in [0.2, 0.25) is 0 Å². The summed E-state index contributed by atoms with van der Waals surface area (Å²) in [5.74, 6) is -0.676. The minimum atomic E-state index is -0.718. The smallest absolute Gasteiger partial charge is 0.313 e. The van der Waals surface area contributed by atoms with Crippen LogP contribution in [0.1, 0.15) is 12.5 Å². The summed E-state index contributed by atoms with van der Waals surface area (Å²) in [5, 5.41) is 9.07. The lowest BCUT2D eigenvalue weighted by Gasteiger charge is -2.06. The van der Waals surface area contributed by atoms with E-state index in [1.54, 1.807) is 30.1 Å². The van der Waals surface area contributed by atoms with Crippen LogP contribution in [0.2, 0.25) is 0 Å². The molecule has 2 rings (SSSR count). The van der Waals surface area contributed by atoms with E-state index in [1.165, 1.54) is 6.20 Å². The lowest BCUT2D eigenvalue weighted by molar-refractivity contribution is -0.136. The Kier molecular flexibility index (Phi) is 5.13. The Morgan fingerprint density at radius 2 is 1.95 bits per heavy atom. The number of aryl methyl sites for hydroxylation is 1. The molecule has 7 heteroatoms. The third-order valence-corrected chi connectivity index (χ3v) is 3.03. The van der Waals surface area contributed by atoms with Crippen molar-refractivity contribution in [2.75, 3.05) is 12.4 Å². The molecule has 0 aliphatic heterocycles. The average Bonchev–Trinajstić information content (AvgIpc) is 3.00. The van der Waals surface area contributed by atoms with E-state index in [0.29, 0.717) is 12.2 Å². The number of ether oxygens (including phenoxy) is 1. The molecule has 2 N–H and O–H groups in total. The van der Waals surface area contributed by atoms with E-state index in [9.17, 15) is 9.59 Å². The topological polar surface area (TPSA) is 85.2 Å². The third kappa shape index (κ3) is 4.08. The Labute approximate surface area is 128 Å². The molecule has 2 amide bonds. The van der Waals surface area contributed by atoms with Crippen molar-refractivity contribution in [3.8, 4) is 5.75 Å². The Morgan fingerprint density at radius 3 is 2.55 bits per heavy atom. The predicted molar refractivity (Wildman–Crippen MR) is 81.4 cm³/mol. The molecule has 0 saturated carbocycles. The predicted octanol–water partition coefficient (Wildman–Crippen LogP) is 1.17. The van der Waals surface area contributed by atoms with E-state index in [4.69, 9.17) is 4.74 Å². The van der Waals surface area contributed by atoms with Gasteiger partial charge in [-0.25, -0.2) is 0 Å². The molecule has 1 heterocycles. The van der Waals surface area contributed by atoms with Gasteiger partial charge in [-0.05, 0) is 24.6 Å². The first-order valence-electron chi connectivity index (χ1n) is 6.87. The van der Waals surface area contributed by atoms with Gasteiger partial charge in [0.05, 0.1) is 19.0 Å². The first kappa shape index (κ1) is 15.6. The van der Waals surface area contributed by atoms with Gasteiger partial charge >= 0.3 is 11.8 Å². The minimum Gasteiger partial charge on any atom is -0.497 e. The quantitative estimate of drug-likeness (QED) is 0.812. The molecular weight excluding hydrogens is 284 g/mol. The van der Waals surface area contributed by atoms with Gasteiger partial charge in [0.15, 0.2) is 0 Å². The monoisotopic (exact) mass is 302 g/mol. The number of hydrogen-bond acceptors (Lipinski definition) is 4. The molecule has 2 aromatic rings. The van der Waals surface area contributed by atoms with Crippen LogP contribution in [-0.2, 0) is 22.7 Å². The van der Waals surface area contributed by atoms with Crippen molar-refractivity contribution in [3.05, 3.63) is 42.2 Å². The summed E-state index contributed by atoms with van der Waals surface area (Å²) < 4.78 is 6.71. The number of anilines is 1. The van der Waals surface area contributed by atoms with Gasteiger partial charge < -0.3 is 15.4 Å². The van der Waals surface area contributed by atoms with Gasteiger partial charge in [0.1, 0.15) is 5.75 Å². The number of rotatable bonds is 5. The number of aromatic nitrogens is 2. The number of amides is 2. The molecule has 7 nitrogen and oxygen atoms in total. The third-order valence-electron chi connectivity index (χ3n) is 3.03. The first-order chi connectivity index (χ1) is 10.6. The fourth-order valence-electron chi connectivity index (χ4n) is 1.79. The minimum absolute atomic E-state index is 0.268. The molecule has 0 atom stereocenters. The van der Waals surface area contributed by atoms with Crippen molar-refractivity contribution in [1.82, 2.24) is 15.1 Å². The van der Waals surface area contributed by atoms with Crippen LogP contribution in [0.15, 0.2) is 36.7 Å². The maximum Gasteiger partial charge on any atom is 0.313 e. The van der Waals surface area contributed by atoms with E-state index < -0.39 is 11.8 Å². The number of hydrogen-bond donors (Lipinski definition) is 2. The van der Waals surface area contributed by atoms with E-state index in [2.05, 4.69) is 15.7 Å². The van der Waals surface area contributed by atoms with Crippen LogP contribution < -0.4 is 15.4 Å². The zero-order chi connectivity index (χ0) is 15.9. The Bertz CT molecular complexity index is 649. The molecule has 0 aliphatic rings. The maximum absolute atomic E-state index is 11.8. The number of carbonyl (C=O) groups excluding carboxylic acids is 2. The van der Waals surface area contributed by atoms with Crippen LogP contribution in [-0.4, -0.2) is 28.7 Å². The molecule has 22 heavy (non-hydrogen) atoms. The van der Waals surface area contributed by atoms with Crippen molar-refractivity contribution in [1.29, 1.82) is 0 Å². The molecule has 0 radical (unpaired) electrons. The maximum atomic E-state index is 11.8. The van der Waals surface area contributed by atoms with Crippen molar-refractivity contribution < 1.29 is 14.3 Å². The summed E-state index contributed by atoms with van der Waals surface area (Å²) in [6.07, 6.45) is 3.16. The molecule has 0 saturated heterocycles. The zero-order valence-corrected chi connectivity index (χ0v) is 12.5. The van der Waals surface area contributed by atoms with Gasteiger partial charge in [0, 0.05) is 19.3 Å². The van der Waals surface area contributed by atoms with E-state index in [0.717, 1.165) is 11.3 Å². The lowest BCUT2D eigenvalue weighted by atomic mass is 10.2. The second-order valence-corrected chi connectivity index (χ2v) is 4.57. The summed E-state index contributed by atoms with van der Waals surface area (Å²) >= 11 is 0. The molecule has 0 fully saturated rings. The normalized spacial score (nSPS) is 10.1. The molecule has 0 spiro atoms. The van der Waals surface area contributed by atoms with E-state index in [-0.39, 0.29) is 6.54 Å². The number of carbonyl (C=O) groups is 2. The summed E-state index contributed by atoms with van der Waals surface area (Å²) in [5.41, 5.74) is 1.37. The fourth-order valence-corrected chi connectivity index (χ4v) is 1.79. The SMILES string of the molecule is CCn1cc(NC(=O)C(=O)NCc2ccc(OC)cc2)cn1. The highest BCUT2D eigenvalue weighted by atomic mass is 16.5. The van der Waals surface area contributed by atoms with Gasteiger partial charge in [0.25, 0.3) is 0 Å².